The van der Waals surface area contributed by atoms with Gasteiger partial charge >= 0.3 is 0 Å². The number of amides is 1. The monoisotopic (exact) mass is 383 g/mol. The van der Waals surface area contributed by atoms with Crippen molar-refractivity contribution in [2.75, 3.05) is 13.2 Å². The fraction of sp³-hybridized carbons (Fsp3) is 0.294. The normalized spacial score (nSPS) is 12.7. The molecule has 0 saturated heterocycles. The summed E-state index contributed by atoms with van der Waals surface area (Å²) in [7, 11) is 0. The Balaban J connectivity index is 2.07. The van der Waals surface area contributed by atoms with Crippen molar-refractivity contribution in [3.63, 3.8) is 0 Å². The van der Waals surface area contributed by atoms with Gasteiger partial charge < -0.3 is 16.6 Å². The Kier molecular flexibility index (Phi) is 5.45. The van der Waals surface area contributed by atoms with Gasteiger partial charge in [0.15, 0.2) is 11.6 Å². The van der Waals surface area contributed by atoms with Crippen LogP contribution in [0.2, 0.25) is 0 Å². The first kappa shape index (κ1) is 19.2. The third kappa shape index (κ3) is 3.88. The lowest BCUT2D eigenvalue weighted by Gasteiger charge is -1.98. The predicted octanol–water partition coefficient (Wildman–Crippen LogP) is -0.0443. The van der Waals surface area contributed by atoms with Gasteiger partial charge in [0.1, 0.15) is 11.4 Å². The van der Waals surface area contributed by atoms with Crippen LogP contribution in [0.4, 0.5) is 0 Å². The minimum Gasteiger partial charge on any atom is -0.402 e. The summed E-state index contributed by atoms with van der Waals surface area (Å²) < 4.78 is 1.57. The zero-order chi connectivity index (χ0) is 20.3. The fourth-order valence-corrected chi connectivity index (χ4v) is 2.58. The van der Waals surface area contributed by atoms with Crippen LogP contribution in [0.3, 0.4) is 0 Å². The van der Waals surface area contributed by atoms with E-state index in [1.807, 2.05) is 0 Å². The average molecular weight is 383 g/mol. The van der Waals surface area contributed by atoms with Crippen LogP contribution in [0.5, 0.6) is 0 Å². The molecule has 0 aliphatic carbocycles. The van der Waals surface area contributed by atoms with E-state index in [1.165, 1.54) is 0 Å². The van der Waals surface area contributed by atoms with Crippen LogP contribution in [-0.2, 0) is 0 Å². The molecule has 3 heterocycles. The molecule has 6 N–H and O–H groups in total. The zero-order valence-electron chi connectivity index (χ0n) is 15.5. The number of primary amides is 1. The zero-order valence-corrected chi connectivity index (χ0v) is 15.5. The number of carbonyl (C=O) groups is 1. The summed E-state index contributed by atoms with van der Waals surface area (Å²) in [5, 5.41) is 15.9. The molecule has 146 valence electrons. The molecule has 28 heavy (non-hydrogen) atoms. The summed E-state index contributed by atoms with van der Waals surface area (Å²) in [6.45, 7) is 3.96. The maximum Gasteiger partial charge on any atom is 0.285 e. The molecule has 0 fully saturated rings. The van der Waals surface area contributed by atoms with Crippen LogP contribution >= 0.6 is 0 Å². The maximum absolute atomic E-state index is 11.8. The van der Waals surface area contributed by atoms with Crippen LogP contribution in [0.1, 0.15) is 35.5 Å². The number of nitrogens with two attached hydrogens (primary N) is 2. The van der Waals surface area contributed by atoms with Gasteiger partial charge in [-0.2, -0.15) is 5.10 Å². The molecular weight excluding hydrogens is 362 g/mol. The molecule has 3 aromatic heterocycles. The summed E-state index contributed by atoms with van der Waals surface area (Å²) in [5.41, 5.74) is 13.9. The van der Waals surface area contributed by atoms with Gasteiger partial charge in [0.2, 0.25) is 5.82 Å². The van der Waals surface area contributed by atoms with Crippen molar-refractivity contribution >= 4 is 17.1 Å². The van der Waals surface area contributed by atoms with E-state index in [-0.39, 0.29) is 12.4 Å². The lowest BCUT2D eigenvalue weighted by atomic mass is 10.3. The third-order valence-corrected chi connectivity index (χ3v) is 3.78. The highest BCUT2D eigenvalue weighted by Crippen LogP contribution is 2.22. The number of carbonyl (C=O) groups excluding carboxylic acids is 1. The number of aromatic nitrogens is 6. The van der Waals surface area contributed by atoms with Crippen molar-refractivity contribution in [2.24, 2.45) is 16.5 Å². The van der Waals surface area contributed by atoms with Gasteiger partial charge in [0.05, 0.1) is 17.4 Å². The van der Waals surface area contributed by atoms with E-state index in [4.69, 9.17) is 16.6 Å². The van der Waals surface area contributed by atoms with Gasteiger partial charge in [-0.3, -0.25) is 24.3 Å². The van der Waals surface area contributed by atoms with E-state index in [0.717, 1.165) is 0 Å². The lowest BCUT2D eigenvalue weighted by molar-refractivity contribution is 0.0990. The number of nitrogens with zero attached hydrogens (tertiary/aromatic N) is 6. The Morgan fingerprint density at radius 3 is 2.86 bits per heavy atom. The van der Waals surface area contributed by atoms with Crippen molar-refractivity contribution in [3.05, 3.63) is 41.5 Å². The first-order chi connectivity index (χ1) is 13.4. The number of aliphatic imine (C=N–C) groups is 1. The number of nitrogens with one attached hydrogen (secondary N) is 1. The Hall–Kier alpha value is -3.60. The Labute approximate surface area is 160 Å². The first-order valence-corrected chi connectivity index (χ1v) is 8.57. The Morgan fingerprint density at radius 2 is 2.18 bits per heavy atom. The molecule has 3 aromatic rings. The third-order valence-electron chi connectivity index (χ3n) is 3.78. The number of aliphatic hydroxyl groups excluding tert-OH is 1. The summed E-state index contributed by atoms with van der Waals surface area (Å²) in [6.07, 6.45) is 5.42. The number of fused-ring (bicyclic) bond motifs is 1. The Morgan fingerprint density at radius 1 is 1.39 bits per heavy atom. The first-order valence-electron chi connectivity index (χ1n) is 8.57. The van der Waals surface area contributed by atoms with Crippen LogP contribution in [0.15, 0.2) is 29.2 Å². The molecule has 0 atom stereocenters. The predicted molar refractivity (Wildman–Crippen MR) is 103 cm³/mol. The summed E-state index contributed by atoms with van der Waals surface area (Å²) >= 11 is 0. The SMILES string of the molecule is C/C(N)=C/C(=NCCCO)c1n[nH]c(-c2nc(C(N)=O)n3cc(C)ncc23)n1. The van der Waals surface area contributed by atoms with Gasteiger partial charge in [-0.05, 0) is 26.3 Å². The van der Waals surface area contributed by atoms with E-state index < -0.39 is 5.91 Å². The summed E-state index contributed by atoms with van der Waals surface area (Å²) in [6, 6.07) is 0. The van der Waals surface area contributed by atoms with Crippen molar-refractivity contribution in [1.82, 2.24) is 29.5 Å². The molecule has 0 aliphatic heterocycles. The van der Waals surface area contributed by atoms with Gasteiger partial charge in [0.25, 0.3) is 5.91 Å². The maximum atomic E-state index is 11.8. The topological polar surface area (TPSA) is 173 Å². The molecule has 0 bridgehead atoms. The molecule has 3 rings (SSSR count). The molecule has 0 spiro atoms. The minimum atomic E-state index is -0.667. The van der Waals surface area contributed by atoms with Crippen molar-refractivity contribution < 1.29 is 9.90 Å². The number of hydrogen-bond acceptors (Lipinski definition) is 8. The highest BCUT2D eigenvalue weighted by Gasteiger charge is 2.20. The number of allylic oxidation sites excluding steroid dienone is 2. The van der Waals surface area contributed by atoms with Crippen molar-refractivity contribution in [3.8, 4) is 11.5 Å². The second kappa shape index (κ2) is 7.96. The number of hydrogen-bond donors (Lipinski definition) is 4. The van der Waals surface area contributed by atoms with Crippen molar-refractivity contribution in [2.45, 2.75) is 20.3 Å². The van der Waals surface area contributed by atoms with Gasteiger partial charge in [-0.15, -0.1) is 0 Å². The number of aliphatic hydroxyl groups is 1. The molecule has 11 nitrogen and oxygen atoms in total. The van der Waals surface area contributed by atoms with E-state index in [0.29, 0.717) is 52.9 Å². The molecule has 0 unspecified atom stereocenters. The van der Waals surface area contributed by atoms with Crippen LogP contribution in [0, 0.1) is 6.92 Å². The highest BCUT2D eigenvalue weighted by molar-refractivity contribution is 6.06. The van der Waals surface area contributed by atoms with Crippen molar-refractivity contribution in [1.29, 1.82) is 0 Å². The van der Waals surface area contributed by atoms with E-state index in [2.05, 4.69) is 30.1 Å². The minimum absolute atomic E-state index is 0.0320. The standard InChI is InChI=1S/C17H21N9O2/c1-9(18)6-11(20-4-3-5-27)15-23-16(25-24-15)13-12-7-21-10(2)8-26(12)17(22-13)14(19)28/h6-8,27H,3-5,18H2,1-2H3,(H2,19,28)(H,23,24,25)/b9-6-,20-11?. The van der Waals surface area contributed by atoms with Gasteiger partial charge in [-0.1, -0.05) is 0 Å². The number of imidazole rings is 1. The fourth-order valence-electron chi connectivity index (χ4n) is 2.58. The summed E-state index contributed by atoms with van der Waals surface area (Å²) in [5.74, 6) is 0.0608. The average Bonchev–Trinajstić information content (AvgIpc) is 3.25. The number of rotatable bonds is 7. The Bertz CT molecular complexity index is 1070. The number of H-pyrrole nitrogens is 1. The van der Waals surface area contributed by atoms with Crippen LogP contribution < -0.4 is 11.5 Å². The smallest absolute Gasteiger partial charge is 0.285 e. The molecular formula is C17H21N9O2. The second-order valence-corrected chi connectivity index (χ2v) is 6.17. The molecule has 0 radical (unpaired) electrons. The molecule has 11 heteroatoms. The van der Waals surface area contributed by atoms with Crippen LogP contribution in [-0.4, -0.2) is 59.4 Å². The van der Waals surface area contributed by atoms with Gasteiger partial charge in [0, 0.05) is 25.0 Å². The second-order valence-electron chi connectivity index (χ2n) is 6.17. The van der Waals surface area contributed by atoms with E-state index in [1.54, 1.807) is 36.7 Å². The lowest BCUT2D eigenvalue weighted by Crippen LogP contribution is -2.15. The molecule has 0 aliphatic rings. The number of aromatic amines is 1. The quantitative estimate of drug-likeness (QED) is 0.327. The van der Waals surface area contributed by atoms with E-state index in [9.17, 15) is 4.79 Å². The molecule has 0 aromatic carbocycles. The van der Waals surface area contributed by atoms with Crippen LogP contribution in [0.25, 0.3) is 17.0 Å². The molecule has 0 saturated carbocycles. The number of aryl methyl sites for hydroxylation is 1. The highest BCUT2D eigenvalue weighted by atomic mass is 16.3. The van der Waals surface area contributed by atoms with E-state index >= 15 is 0 Å². The van der Waals surface area contributed by atoms with Gasteiger partial charge in [-0.25, -0.2) is 9.97 Å². The largest absolute Gasteiger partial charge is 0.402 e. The summed E-state index contributed by atoms with van der Waals surface area (Å²) in [4.78, 5) is 29.1. The molecule has 1 amide bonds.